The fourth-order valence-electron chi connectivity index (χ4n) is 8.27. The number of fused-ring (bicyclic) bond motifs is 5. The Morgan fingerprint density at radius 1 is 0.941 bits per heavy atom. The van der Waals surface area contributed by atoms with Gasteiger partial charge in [-0.2, -0.15) is 0 Å². The van der Waals surface area contributed by atoms with Crippen molar-refractivity contribution in [2.24, 2.45) is 28.6 Å². The maximum absolute atomic E-state index is 13.2. The molecule has 5 rings (SSSR count). The molecule has 0 bridgehead atoms. The normalized spacial score (nSPS) is 39.2. The number of halogens is 2. The smallest absolute Gasteiger partial charge is 0.339 e. The SMILES string of the molecule is CC(=O)[C@@]1(OC(=O)c2ccc(Br)cc2)CC[C@H]2[C@@H]3CCC4=C(Br)C(=O)CC[C@]4(C)[C@H]3CC[C@@]21C. The molecule has 0 heterocycles. The molecule has 1 aromatic carbocycles. The summed E-state index contributed by atoms with van der Waals surface area (Å²) in [5.74, 6) is 1.11. The standard InChI is InChI=1S/C28H32Br2O4/c1-16(31)28(34-25(33)17-4-6-18(29)7-5-17)15-11-21-19-8-9-22-24(30)23(32)12-13-26(22,2)20(19)10-14-27(21,28)3/h4-7,19-21H,8-15H2,1-3H3/t19-,20+,21+,26-,27+,28+/m1/s1. The van der Waals surface area contributed by atoms with Gasteiger partial charge in [-0.25, -0.2) is 4.79 Å². The van der Waals surface area contributed by atoms with Crippen LogP contribution in [0.1, 0.15) is 82.5 Å². The van der Waals surface area contributed by atoms with E-state index >= 15 is 0 Å². The molecule has 182 valence electrons. The van der Waals surface area contributed by atoms with Gasteiger partial charge in [0.15, 0.2) is 17.2 Å². The van der Waals surface area contributed by atoms with Crippen molar-refractivity contribution in [1.82, 2.24) is 0 Å². The Morgan fingerprint density at radius 3 is 2.29 bits per heavy atom. The molecule has 3 fully saturated rings. The summed E-state index contributed by atoms with van der Waals surface area (Å²) in [5, 5.41) is 0. The van der Waals surface area contributed by atoms with Crippen LogP contribution < -0.4 is 0 Å². The fraction of sp³-hybridized carbons (Fsp3) is 0.607. The van der Waals surface area contributed by atoms with E-state index in [1.165, 1.54) is 5.57 Å². The first-order valence-corrected chi connectivity index (χ1v) is 14.0. The minimum atomic E-state index is -1.08. The lowest BCUT2D eigenvalue weighted by Gasteiger charge is -2.59. The van der Waals surface area contributed by atoms with E-state index in [-0.39, 0.29) is 22.4 Å². The van der Waals surface area contributed by atoms with Crippen LogP contribution in [0.4, 0.5) is 0 Å². The maximum Gasteiger partial charge on any atom is 0.339 e. The van der Waals surface area contributed by atoms with Gasteiger partial charge < -0.3 is 4.74 Å². The van der Waals surface area contributed by atoms with Crippen LogP contribution in [0.3, 0.4) is 0 Å². The van der Waals surface area contributed by atoms with Gasteiger partial charge in [-0.05, 0) is 121 Å². The number of hydrogen-bond donors (Lipinski definition) is 0. The first-order chi connectivity index (χ1) is 16.0. The minimum Gasteiger partial charge on any atom is -0.447 e. The predicted molar refractivity (Wildman–Crippen MR) is 138 cm³/mol. The van der Waals surface area contributed by atoms with Gasteiger partial charge in [0.2, 0.25) is 0 Å². The van der Waals surface area contributed by atoms with Crippen LogP contribution in [-0.2, 0) is 14.3 Å². The molecule has 4 nitrogen and oxygen atoms in total. The van der Waals surface area contributed by atoms with Gasteiger partial charge in [-0.15, -0.1) is 0 Å². The molecular weight excluding hydrogens is 560 g/mol. The lowest BCUT2D eigenvalue weighted by atomic mass is 9.46. The number of carbonyl (C=O) groups excluding carboxylic acids is 3. The van der Waals surface area contributed by atoms with Crippen molar-refractivity contribution in [3.05, 3.63) is 44.4 Å². The van der Waals surface area contributed by atoms with Crippen LogP contribution in [0.5, 0.6) is 0 Å². The number of benzene rings is 1. The zero-order chi connectivity index (χ0) is 24.5. The summed E-state index contributed by atoms with van der Waals surface area (Å²) in [4.78, 5) is 38.8. The molecule has 0 aromatic heterocycles. The number of allylic oxidation sites excluding steroid dienone is 1. The predicted octanol–water partition coefficient (Wildman–Crippen LogP) is 7.19. The summed E-state index contributed by atoms with van der Waals surface area (Å²) in [6.07, 6.45) is 6.84. The van der Waals surface area contributed by atoms with Crippen LogP contribution in [0.25, 0.3) is 0 Å². The van der Waals surface area contributed by atoms with Crippen LogP contribution in [0.15, 0.2) is 38.8 Å². The van der Waals surface area contributed by atoms with Crippen LogP contribution in [0, 0.1) is 28.6 Å². The van der Waals surface area contributed by atoms with Gasteiger partial charge in [-0.1, -0.05) is 29.8 Å². The highest BCUT2D eigenvalue weighted by Gasteiger charge is 2.68. The monoisotopic (exact) mass is 590 g/mol. The molecule has 0 radical (unpaired) electrons. The Kier molecular flexibility index (Phi) is 6.03. The van der Waals surface area contributed by atoms with Crippen LogP contribution >= 0.6 is 31.9 Å². The molecule has 1 aromatic rings. The Labute approximate surface area is 218 Å². The summed E-state index contributed by atoms with van der Waals surface area (Å²) in [7, 11) is 0. The third-order valence-electron chi connectivity index (χ3n) is 10.1. The van der Waals surface area contributed by atoms with Gasteiger partial charge in [0.05, 0.1) is 10.0 Å². The zero-order valence-electron chi connectivity index (χ0n) is 20.1. The van der Waals surface area contributed by atoms with Crippen molar-refractivity contribution >= 4 is 49.4 Å². The number of ether oxygens (including phenoxy) is 1. The van der Waals surface area contributed by atoms with Crippen molar-refractivity contribution in [2.45, 2.75) is 77.7 Å². The fourth-order valence-corrected chi connectivity index (χ4v) is 9.38. The molecule has 0 unspecified atom stereocenters. The van der Waals surface area contributed by atoms with E-state index in [2.05, 4.69) is 45.7 Å². The average Bonchev–Trinajstić information content (AvgIpc) is 3.10. The highest BCUT2D eigenvalue weighted by molar-refractivity contribution is 9.12. The molecule has 34 heavy (non-hydrogen) atoms. The second kappa shape index (κ2) is 8.40. The Morgan fingerprint density at radius 2 is 1.62 bits per heavy atom. The lowest BCUT2D eigenvalue weighted by Crippen LogP contribution is -2.58. The molecule has 3 saturated carbocycles. The lowest BCUT2D eigenvalue weighted by molar-refractivity contribution is -0.161. The number of carbonyl (C=O) groups is 3. The summed E-state index contributed by atoms with van der Waals surface area (Å²) in [5.41, 5.74) is 0.372. The third-order valence-corrected chi connectivity index (χ3v) is 11.5. The molecule has 4 aliphatic rings. The summed E-state index contributed by atoms with van der Waals surface area (Å²) < 4.78 is 7.95. The second-order valence-corrected chi connectivity index (χ2v) is 13.0. The molecule has 0 saturated heterocycles. The number of rotatable bonds is 3. The Hall–Kier alpha value is -1.27. The van der Waals surface area contributed by atoms with Crippen LogP contribution in [0.2, 0.25) is 0 Å². The van der Waals surface area contributed by atoms with Gasteiger partial charge in [-0.3, -0.25) is 9.59 Å². The molecule has 4 aliphatic carbocycles. The van der Waals surface area contributed by atoms with E-state index in [0.717, 1.165) is 47.5 Å². The zero-order valence-corrected chi connectivity index (χ0v) is 23.3. The third kappa shape index (κ3) is 3.37. The van der Waals surface area contributed by atoms with E-state index < -0.39 is 11.6 Å². The molecule has 0 spiro atoms. The summed E-state index contributed by atoms with van der Waals surface area (Å²) in [6.45, 7) is 6.16. The van der Waals surface area contributed by atoms with Crippen molar-refractivity contribution in [1.29, 1.82) is 0 Å². The van der Waals surface area contributed by atoms with Gasteiger partial charge >= 0.3 is 5.97 Å². The highest BCUT2D eigenvalue weighted by Crippen LogP contribution is 2.69. The van der Waals surface area contributed by atoms with Crippen LogP contribution in [-0.4, -0.2) is 23.1 Å². The first-order valence-electron chi connectivity index (χ1n) is 12.5. The van der Waals surface area contributed by atoms with Gasteiger partial charge in [0.25, 0.3) is 0 Å². The van der Waals surface area contributed by atoms with Crippen molar-refractivity contribution < 1.29 is 19.1 Å². The quantitative estimate of drug-likeness (QED) is 0.349. The summed E-state index contributed by atoms with van der Waals surface area (Å²) >= 11 is 7.04. The molecule has 6 heteroatoms. The van der Waals surface area contributed by atoms with Gasteiger partial charge in [0, 0.05) is 16.3 Å². The number of ketones is 2. The molecule has 6 atom stereocenters. The van der Waals surface area contributed by atoms with E-state index in [4.69, 9.17) is 4.74 Å². The number of Topliss-reactive ketones (excluding diaryl/α,β-unsaturated/α-hetero) is 2. The van der Waals surface area contributed by atoms with Crippen molar-refractivity contribution in [2.75, 3.05) is 0 Å². The summed E-state index contributed by atoms with van der Waals surface area (Å²) in [6, 6.07) is 7.12. The molecule has 0 amide bonds. The molecule has 0 aliphatic heterocycles. The molecule has 0 N–H and O–H groups in total. The second-order valence-electron chi connectivity index (χ2n) is 11.3. The molecular formula is C28H32Br2O4. The van der Waals surface area contributed by atoms with Crippen molar-refractivity contribution in [3.8, 4) is 0 Å². The van der Waals surface area contributed by atoms with E-state index in [1.807, 2.05) is 12.1 Å². The Balaban J connectivity index is 1.47. The number of esters is 1. The largest absolute Gasteiger partial charge is 0.447 e. The average molecular weight is 592 g/mol. The minimum absolute atomic E-state index is 0.0324. The topological polar surface area (TPSA) is 60.4 Å². The highest BCUT2D eigenvalue weighted by atomic mass is 79.9. The van der Waals surface area contributed by atoms with E-state index in [9.17, 15) is 14.4 Å². The number of hydrogen-bond acceptors (Lipinski definition) is 4. The first kappa shape index (κ1) is 24.4. The van der Waals surface area contributed by atoms with E-state index in [1.54, 1.807) is 19.1 Å². The Bertz CT molecular complexity index is 1090. The van der Waals surface area contributed by atoms with Gasteiger partial charge in [0.1, 0.15) is 0 Å². The van der Waals surface area contributed by atoms with E-state index in [0.29, 0.717) is 36.2 Å². The maximum atomic E-state index is 13.2. The van der Waals surface area contributed by atoms with Crippen molar-refractivity contribution in [3.63, 3.8) is 0 Å².